The molecule has 2 nitrogen and oxygen atoms in total. The maximum atomic E-state index is 13.1. The van der Waals surface area contributed by atoms with Crippen LogP contribution in [-0.2, 0) is 6.42 Å². The van der Waals surface area contributed by atoms with Crippen LogP contribution in [0.15, 0.2) is 48.5 Å². The summed E-state index contributed by atoms with van der Waals surface area (Å²) >= 11 is 0. The van der Waals surface area contributed by atoms with E-state index in [2.05, 4.69) is 6.92 Å². The average molecular weight is 329 g/mol. The molecule has 0 unspecified atom stereocenters. The van der Waals surface area contributed by atoms with Gasteiger partial charge in [-0.05, 0) is 74.6 Å². The predicted octanol–water partition coefficient (Wildman–Crippen LogP) is 4.59. The number of amides is 1. The summed E-state index contributed by atoms with van der Waals surface area (Å²) in [6, 6.07) is 12.6. The molecule has 2 aromatic carbocycles. The fraction of sp³-hybridized carbons (Fsp3) is 0.350. The van der Waals surface area contributed by atoms with Crippen molar-refractivity contribution in [1.29, 1.82) is 0 Å². The lowest BCUT2D eigenvalue weighted by Crippen LogP contribution is -2.40. The van der Waals surface area contributed by atoms with Gasteiger partial charge in [0.2, 0.25) is 0 Å². The first-order valence-corrected chi connectivity index (χ1v) is 8.37. The van der Waals surface area contributed by atoms with E-state index in [1.54, 1.807) is 24.3 Å². The molecule has 2 aromatic rings. The summed E-state index contributed by atoms with van der Waals surface area (Å²) < 4.78 is 26.0. The van der Waals surface area contributed by atoms with Gasteiger partial charge in [0.25, 0.3) is 5.91 Å². The molecule has 24 heavy (non-hydrogen) atoms. The highest BCUT2D eigenvalue weighted by molar-refractivity contribution is 5.94. The summed E-state index contributed by atoms with van der Waals surface area (Å²) in [5.41, 5.74) is 1.60. The number of carbonyl (C=O) groups is 1. The Morgan fingerprint density at radius 1 is 1.00 bits per heavy atom. The molecule has 1 fully saturated rings. The van der Waals surface area contributed by atoms with Gasteiger partial charge in [-0.15, -0.1) is 0 Å². The zero-order valence-corrected chi connectivity index (χ0v) is 13.7. The van der Waals surface area contributed by atoms with Crippen molar-refractivity contribution in [3.63, 3.8) is 0 Å². The molecule has 0 aromatic heterocycles. The molecule has 1 aliphatic rings. The minimum Gasteiger partial charge on any atom is -0.333 e. The molecule has 1 amide bonds. The van der Waals surface area contributed by atoms with Crippen LogP contribution in [-0.4, -0.2) is 22.9 Å². The van der Waals surface area contributed by atoms with Crippen LogP contribution in [0.25, 0.3) is 0 Å². The van der Waals surface area contributed by atoms with Gasteiger partial charge in [0.15, 0.2) is 0 Å². The van der Waals surface area contributed by atoms with Crippen LogP contribution in [0.4, 0.5) is 8.78 Å². The standard InChI is InChI=1S/C20H21F2NO/c1-14-2-12-19(13-5-15-3-8-17(21)9-4-15)23(14)20(24)16-6-10-18(22)11-7-16/h3-4,6-11,14,19H,2,5,12-13H2,1H3/t14-,19-/m1/s1. The summed E-state index contributed by atoms with van der Waals surface area (Å²) in [6.07, 6.45) is 3.60. The normalized spacial score (nSPS) is 20.4. The highest BCUT2D eigenvalue weighted by Crippen LogP contribution is 2.29. The van der Waals surface area contributed by atoms with Crippen molar-refractivity contribution in [2.75, 3.05) is 0 Å². The topological polar surface area (TPSA) is 20.3 Å². The number of carbonyl (C=O) groups excluding carboxylic acids is 1. The SMILES string of the molecule is C[C@@H]1CC[C@H](CCc2ccc(F)cc2)N1C(=O)c1ccc(F)cc1. The van der Waals surface area contributed by atoms with Crippen molar-refractivity contribution < 1.29 is 13.6 Å². The molecule has 0 N–H and O–H groups in total. The number of aryl methyl sites for hydroxylation is 1. The summed E-state index contributed by atoms with van der Waals surface area (Å²) in [5, 5.41) is 0. The Kier molecular flexibility index (Phi) is 4.93. The van der Waals surface area contributed by atoms with E-state index in [1.165, 1.54) is 24.3 Å². The average Bonchev–Trinajstić information content (AvgIpc) is 2.95. The van der Waals surface area contributed by atoms with E-state index in [4.69, 9.17) is 0 Å². The quantitative estimate of drug-likeness (QED) is 0.803. The summed E-state index contributed by atoms with van der Waals surface area (Å²) in [5.74, 6) is -0.612. The zero-order valence-electron chi connectivity index (χ0n) is 13.7. The Morgan fingerprint density at radius 3 is 2.21 bits per heavy atom. The lowest BCUT2D eigenvalue weighted by Gasteiger charge is -2.29. The fourth-order valence-corrected chi connectivity index (χ4v) is 3.45. The van der Waals surface area contributed by atoms with Crippen molar-refractivity contribution in [1.82, 2.24) is 4.90 Å². The maximum Gasteiger partial charge on any atom is 0.254 e. The molecule has 0 bridgehead atoms. The van der Waals surface area contributed by atoms with E-state index in [1.807, 2.05) is 4.90 Å². The van der Waals surface area contributed by atoms with Crippen molar-refractivity contribution in [3.8, 4) is 0 Å². The molecule has 4 heteroatoms. The van der Waals surface area contributed by atoms with E-state index in [0.29, 0.717) is 5.56 Å². The highest BCUT2D eigenvalue weighted by Gasteiger charge is 2.34. The molecule has 126 valence electrons. The Balaban J connectivity index is 1.69. The number of likely N-dealkylation sites (tertiary alicyclic amines) is 1. The minimum atomic E-state index is -0.339. The monoisotopic (exact) mass is 329 g/mol. The molecule has 0 aliphatic carbocycles. The van der Waals surface area contributed by atoms with Gasteiger partial charge in [-0.25, -0.2) is 8.78 Å². The van der Waals surface area contributed by atoms with Crippen LogP contribution in [0.5, 0.6) is 0 Å². The van der Waals surface area contributed by atoms with E-state index in [0.717, 1.165) is 31.2 Å². The zero-order chi connectivity index (χ0) is 17.1. The third kappa shape index (κ3) is 3.64. The van der Waals surface area contributed by atoms with E-state index in [9.17, 15) is 13.6 Å². The summed E-state index contributed by atoms with van der Waals surface area (Å²) in [7, 11) is 0. The largest absolute Gasteiger partial charge is 0.333 e. The van der Waals surface area contributed by atoms with Gasteiger partial charge in [-0.3, -0.25) is 4.79 Å². The number of rotatable bonds is 4. The maximum absolute atomic E-state index is 13.1. The second-order valence-corrected chi connectivity index (χ2v) is 6.46. The lowest BCUT2D eigenvalue weighted by atomic mass is 10.0. The van der Waals surface area contributed by atoms with Gasteiger partial charge in [-0.1, -0.05) is 12.1 Å². The Morgan fingerprint density at radius 2 is 1.58 bits per heavy atom. The van der Waals surface area contributed by atoms with Crippen molar-refractivity contribution in [2.24, 2.45) is 0 Å². The molecule has 3 rings (SSSR count). The van der Waals surface area contributed by atoms with E-state index < -0.39 is 0 Å². The Hall–Kier alpha value is -2.23. The number of hydrogen-bond acceptors (Lipinski definition) is 1. The fourth-order valence-electron chi connectivity index (χ4n) is 3.45. The second kappa shape index (κ2) is 7.12. The first kappa shape index (κ1) is 16.6. The van der Waals surface area contributed by atoms with Crippen molar-refractivity contribution >= 4 is 5.91 Å². The molecule has 1 heterocycles. The third-order valence-corrected chi connectivity index (χ3v) is 4.79. The molecule has 1 saturated heterocycles. The number of nitrogens with zero attached hydrogens (tertiary/aromatic N) is 1. The van der Waals surface area contributed by atoms with Crippen LogP contribution in [0.2, 0.25) is 0 Å². The van der Waals surface area contributed by atoms with Crippen LogP contribution < -0.4 is 0 Å². The molecule has 0 saturated carbocycles. The molecule has 0 radical (unpaired) electrons. The predicted molar refractivity (Wildman–Crippen MR) is 89.8 cm³/mol. The molecule has 2 atom stereocenters. The van der Waals surface area contributed by atoms with Crippen LogP contribution >= 0.6 is 0 Å². The first-order valence-electron chi connectivity index (χ1n) is 8.37. The van der Waals surface area contributed by atoms with E-state index >= 15 is 0 Å². The number of benzene rings is 2. The van der Waals surface area contributed by atoms with Gasteiger partial charge in [-0.2, -0.15) is 0 Å². The van der Waals surface area contributed by atoms with Gasteiger partial charge in [0.1, 0.15) is 11.6 Å². The van der Waals surface area contributed by atoms with Crippen LogP contribution in [0, 0.1) is 11.6 Å². The van der Waals surface area contributed by atoms with Gasteiger partial charge >= 0.3 is 0 Å². The molecular formula is C20H21F2NO. The molecular weight excluding hydrogens is 308 g/mol. The second-order valence-electron chi connectivity index (χ2n) is 6.46. The third-order valence-electron chi connectivity index (χ3n) is 4.79. The Bertz CT molecular complexity index is 697. The smallest absolute Gasteiger partial charge is 0.254 e. The lowest BCUT2D eigenvalue weighted by molar-refractivity contribution is 0.0672. The Labute approximate surface area is 141 Å². The van der Waals surface area contributed by atoms with Gasteiger partial charge in [0.05, 0.1) is 0 Å². The van der Waals surface area contributed by atoms with Gasteiger partial charge in [0, 0.05) is 17.6 Å². The van der Waals surface area contributed by atoms with Gasteiger partial charge < -0.3 is 4.90 Å². The first-order chi connectivity index (χ1) is 11.5. The van der Waals surface area contributed by atoms with Crippen molar-refractivity contribution in [3.05, 3.63) is 71.3 Å². The van der Waals surface area contributed by atoms with Crippen LogP contribution in [0.1, 0.15) is 42.1 Å². The minimum absolute atomic E-state index is 0.0379. The molecule has 0 spiro atoms. The van der Waals surface area contributed by atoms with E-state index in [-0.39, 0.29) is 29.6 Å². The van der Waals surface area contributed by atoms with Crippen LogP contribution in [0.3, 0.4) is 0 Å². The summed E-state index contributed by atoms with van der Waals surface area (Å²) in [6.45, 7) is 2.05. The molecule has 1 aliphatic heterocycles. The van der Waals surface area contributed by atoms with Crippen molar-refractivity contribution in [2.45, 2.75) is 44.7 Å². The highest BCUT2D eigenvalue weighted by atomic mass is 19.1. The summed E-state index contributed by atoms with van der Waals surface area (Å²) in [4.78, 5) is 14.7. The number of halogens is 2. The number of hydrogen-bond donors (Lipinski definition) is 0.